The molecule has 0 aliphatic carbocycles. The summed E-state index contributed by atoms with van der Waals surface area (Å²) < 4.78 is 22.9. The highest BCUT2D eigenvalue weighted by molar-refractivity contribution is 5.69. The maximum atomic E-state index is 12.2. The molecule has 1 unspecified atom stereocenters. The van der Waals surface area contributed by atoms with Crippen molar-refractivity contribution < 1.29 is 28.5 Å². The molecule has 0 spiro atoms. The fourth-order valence-electron chi connectivity index (χ4n) is 6.56. The van der Waals surface area contributed by atoms with Crippen LogP contribution >= 0.6 is 0 Å². The topological polar surface area (TPSA) is 71.1 Å². The minimum atomic E-state index is -0.0452. The summed E-state index contributed by atoms with van der Waals surface area (Å²) in [6, 6.07) is 0. The Bertz CT molecular complexity index is 678. The van der Waals surface area contributed by atoms with E-state index in [1.165, 1.54) is 103 Å². The standard InChI is InChI=1S/C43H84O6/c1-6-10-18-26-40(27-19-11-7-2)32-36-48-42(44)30-22-15-14-16-25-35-47-39(5)38-46-34-24-17-23-31-43(45)49-37-33-41(28-20-12-8-3)29-21-13-9-4/h39-41H,6-38H2,1-5H3. The molecule has 0 aliphatic heterocycles. The molecule has 0 heterocycles. The Morgan fingerprint density at radius 1 is 0.429 bits per heavy atom. The van der Waals surface area contributed by atoms with Crippen molar-refractivity contribution in [1.29, 1.82) is 0 Å². The molecule has 0 saturated heterocycles. The van der Waals surface area contributed by atoms with Gasteiger partial charge in [-0.25, -0.2) is 0 Å². The van der Waals surface area contributed by atoms with E-state index in [9.17, 15) is 9.59 Å². The SMILES string of the molecule is CCCCCC(CCCCC)CCOC(=O)CCCCCCCOC(C)COCCCCCC(=O)OCCC(CCCCC)CCCCC. The predicted molar refractivity (Wildman–Crippen MR) is 207 cm³/mol. The fourth-order valence-corrected chi connectivity index (χ4v) is 6.56. The van der Waals surface area contributed by atoms with Crippen molar-refractivity contribution in [2.75, 3.05) is 33.0 Å². The number of ether oxygens (including phenoxy) is 4. The van der Waals surface area contributed by atoms with Gasteiger partial charge in [-0.3, -0.25) is 9.59 Å². The second-order valence-electron chi connectivity index (χ2n) is 14.8. The van der Waals surface area contributed by atoms with Crippen LogP contribution in [0.2, 0.25) is 0 Å². The summed E-state index contributed by atoms with van der Waals surface area (Å²) in [5.74, 6) is 1.35. The smallest absolute Gasteiger partial charge is 0.305 e. The third-order valence-electron chi connectivity index (χ3n) is 9.89. The Morgan fingerprint density at radius 3 is 1.27 bits per heavy atom. The lowest BCUT2D eigenvalue weighted by Crippen LogP contribution is -2.17. The van der Waals surface area contributed by atoms with Crippen LogP contribution in [-0.2, 0) is 28.5 Å². The summed E-state index contributed by atoms with van der Waals surface area (Å²) in [7, 11) is 0. The zero-order valence-electron chi connectivity index (χ0n) is 33.5. The number of esters is 2. The summed E-state index contributed by atoms with van der Waals surface area (Å²) in [5, 5.41) is 0. The van der Waals surface area contributed by atoms with E-state index in [2.05, 4.69) is 34.6 Å². The minimum absolute atomic E-state index is 0.0228. The van der Waals surface area contributed by atoms with Gasteiger partial charge in [-0.2, -0.15) is 0 Å². The number of carbonyl (C=O) groups is 2. The summed E-state index contributed by atoms with van der Waals surface area (Å²) in [5.41, 5.74) is 0. The van der Waals surface area contributed by atoms with Crippen molar-refractivity contribution in [1.82, 2.24) is 0 Å². The molecule has 0 aromatic heterocycles. The van der Waals surface area contributed by atoms with Crippen molar-refractivity contribution >= 4 is 11.9 Å². The van der Waals surface area contributed by atoms with Gasteiger partial charge in [0.2, 0.25) is 0 Å². The highest BCUT2D eigenvalue weighted by Crippen LogP contribution is 2.22. The molecule has 0 amide bonds. The van der Waals surface area contributed by atoms with Crippen molar-refractivity contribution in [3.8, 4) is 0 Å². The van der Waals surface area contributed by atoms with Gasteiger partial charge in [-0.1, -0.05) is 156 Å². The highest BCUT2D eigenvalue weighted by Gasteiger charge is 2.12. The Kier molecular flexibility index (Phi) is 37.2. The molecular formula is C43H84O6. The zero-order chi connectivity index (χ0) is 36.0. The molecule has 0 N–H and O–H groups in total. The number of hydrogen-bond acceptors (Lipinski definition) is 6. The Morgan fingerprint density at radius 2 is 0.816 bits per heavy atom. The third kappa shape index (κ3) is 35.1. The second kappa shape index (κ2) is 38.1. The predicted octanol–water partition coefficient (Wildman–Crippen LogP) is 12.7. The van der Waals surface area contributed by atoms with Crippen LogP contribution in [0, 0.1) is 11.8 Å². The van der Waals surface area contributed by atoms with Gasteiger partial charge in [-0.05, 0) is 57.3 Å². The molecule has 0 fully saturated rings. The molecule has 0 saturated carbocycles. The molecule has 0 bridgehead atoms. The van der Waals surface area contributed by atoms with Gasteiger partial charge >= 0.3 is 11.9 Å². The van der Waals surface area contributed by atoms with E-state index < -0.39 is 0 Å². The van der Waals surface area contributed by atoms with Crippen LogP contribution in [0.15, 0.2) is 0 Å². The lowest BCUT2D eigenvalue weighted by atomic mass is 9.92. The highest BCUT2D eigenvalue weighted by atomic mass is 16.5. The van der Waals surface area contributed by atoms with Crippen molar-refractivity contribution in [3.05, 3.63) is 0 Å². The summed E-state index contributed by atoms with van der Waals surface area (Å²) in [6.07, 6.45) is 31.9. The molecule has 6 nitrogen and oxygen atoms in total. The van der Waals surface area contributed by atoms with Crippen LogP contribution in [0.5, 0.6) is 0 Å². The van der Waals surface area contributed by atoms with Crippen LogP contribution in [0.4, 0.5) is 0 Å². The molecule has 0 rings (SSSR count). The molecule has 0 radical (unpaired) electrons. The number of hydrogen-bond donors (Lipinski definition) is 0. The van der Waals surface area contributed by atoms with E-state index in [4.69, 9.17) is 18.9 Å². The van der Waals surface area contributed by atoms with Crippen molar-refractivity contribution in [3.63, 3.8) is 0 Å². The van der Waals surface area contributed by atoms with Gasteiger partial charge < -0.3 is 18.9 Å². The average Bonchev–Trinajstić information content (AvgIpc) is 3.09. The van der Waals surface area contributed by atoms with Crippen LogP contribution in [0.25, 0.3) is 0 Å². The first-order chi connectivity index (χ1) is 24.0. The van der Waals surface area contributed by atoms with E-state index in [1.807, 2.05) is 0 Å². The minimum Gasteiger partial charge on any atom is -0.466 e. The van der Waals surface area contributed by atoms with Crippen LogP contribution in [0.1, 0.15) is 214 Å². The van der Waals surface area contributed by atoms with Crippen molar-refractivity contribution in [2.45, 2.75) is 221 Å². The molecule has 0 aromatic carbocycles. The molecule has 1 atom stereocenters. The van der Waals surface area contributed by atoms with Gasteiger partial charge in [0.25, 0.3) is 0 Å². The molecule has 0 aromatic rings. The third-order valence-corrected chi connectivity index (χ3v) is 9.89. The summed E-state index contributed by atoms with van der Waals surface area (Å²) in [4.78, 5) is 24.4. The lowest BCUT2D eigenvalue weighted by Gasteiger charge is -2.17. The van der Waals surface area contributed by atoms with Crippen LogP contribution in [0.3, 0.4) is 0 Å². The Balaban J connectivity index is 3.67. The maximum Gasteiger partial charge on any atom is 0.305 e. The first-order valence-corrected chi connectivity index (χ1v) is 21.5. The van der Waals surface area contributed by atoms with E-state index in [0.717, 1.165) is 70.8 Å². The number of carbonyl (C=O) groups excluding carboxylic acids is 2. The number of rotatable bonds is 39. The second-order valence-corrected chi connectivity index (χ2v) is 14.8. The molecule has 292 valence electrons. The Labute approximate surface area is 305 Å². The molecule has 49 heavy (non-hydrogen) atoms. The first kappa shape index (κ1) is 47.9. The summed E-state index contributed by atoms with van der Waals surface area (Å²) in [6.45, 7) is 14.3. The van der Waals surface area contributed by atoms with Gasteiger partial charge in [-0.15, -0.1) is 0 Å². The van der Waals surface area contributed by atoms with Gasteiger partial charge in [0.1, 0.15) is 0 Å². The molecule has 6 heteroatoms. The lowest BCUT2D eigenvalue weighted by molar-refractivity contribution is -0.145. The average molecular weight is 697 g/mol. The zero-order valence-corrected chi connectivity index (χ0v) is 33.5. The first-order valence-electron chi connectivity index (χ1n) is 21.5. The van der Waals surface area contributed by atoms with E-state index in [1.54, 1.807) is 0 Å². The normalized spacial score (nSPS) is 12.2. The molecule has 0 aliphatic rings. The Hall–Kier alpha value is -1.14. The van der Waals surface area contributed by atoms with Gasteiger partial charge in [0.05, 0.1) is 25.9 Å². The fraction of sp³-hybridized carbons (Fsp3) is 0.953. The van der Waals surface area contributed by atoms with Crippen LogP contribution < -0.4 is 0 Å². The summed E-state index contributed by atoms with van der Waals surface area (Å²) >= 11 is 0. The van der Waals surface area contributed by atoms with Crippen LogP contribution in [-0.4, -0.2) is 51.1 Å². The maximum absolute atomic E-state index is 12.2. The van der Waals surface area contributed by atoms with Crippen molar-refractivity contribution in [2.24, 2.45) is 11.8 Å². The van der Waals surface area contributed by atoms with E-state index in [-0.39, 0.29) is 18.0 Å². The quantitative estimate of drug-likeness (QED) is 0.0470. The van der Waals surface area contributed by atoms with Gasteiger partial charge in [0, 0.05) is 26.1 Å². The largest absolute Gasteiger partial charge is 0.466 e. The number of unbranched alkanes of at least 4 members (excludes halogenated alkanes) is 14. The van der Waals surface area contributed by atoms with Gasteiger partial charge in [0.15, 0.2) is 0 Å². The molecular weight excluding hydrogens is 612 g/mol. The monoisotopic (exact) mass is 697 g/mol. The van der Waals surface area contributed by atoms with E-state index in [0.29, 0.717) is 51.1 Å². The van der Waals surface area contributed by atoms with E-state index >= 15 is 0 Å².